The zero-order valence-corrected chi connectivity index (χ0v) is 10.8. The van der Waals surface area contributed by atoms with E-state index in [1.165, 1.54) is 40.0 Å². The van der Waals surface area contributed by atoms with Crippen molar-refractivity contribution < 1.29 is 0 Å². The zero-order chi connectivity index (χ0) is 10.3. The van der Waals surface area contributed by atoms with E-state index in [1.807, 2.05) is 0 Å². The van der Waals surface area contributed by atoms with Crippen molar-refractivity contribution in [3.05, 3.63) is 45.0 Å². The van der Waals surface area contributed by atoms with Crippen LogP contribution in [0.3, 0.4) is 0 Å². The number of aryl methyl sites for hydroxylation is 2. The molecule has 0 bridgehead atoms. The topological polar surface area (TPSA) is 0 Å². The largest absolute Gasteiger partial charge is 0.0616 e. The van der Waals surface area contributed by atoms with Crippen LogP contribution in [0.2, 0.25) is 0 Å². The molecule has 0 radical (unpaired) electrons. The average Bonchev–Trinajstić information content (AvgIpc) is 2.30. The second-order valence-corrected chi connectivity index (χ2v) is 5.41. The summed E-state index contributed by atoms with van der Waals surface area (Å²) in [6, 6.07) is 11.2. The number of rotatable bonds is 0. The molecule has 0 saturated heterocycles. The standard InChI is InChI=1S/C14H13I/c15-14-9-10-5-1-2-6-11(10)12-7-3-4-8-13(12)14/h3-4,7-9H,1-2,5-6H2. The van der Waals surface area contributed by atoms with Gasteiger partial charge in [0.2, 0.25) is 0 Å². The van der Waals surface area contributed by atoms with E-state index in [2.05, 4.69) is 52.9 Å². The van der Waals surface area contributed by atoms with Gasteiger partial charge in [0.05, 0.1) is 0 Å². The van der Waals surface area contributed by atoms with E-state index in [-0.39, 0.29) is 0 Å². The molecule has 0 aromatic heterocycles. The third-order valence-electron chi connectivity index (χ3n) is 3.32. The van der Waals surface area contributed by atoms with Crippen molar-refractivity contribution in [3.63, 3.8) is 0 Å². The summed E-state index contributed by atoms with van der Waals surface area (Å²) in [5.74, 6) is 0. The molecule has 0 aliphatic heterocycles. The van der Waals surface area contributed by atoms with Crippen molar-refractivity contribution in [3.8, 4) is 0 Å². The van der Waals surface area contributed by atoms with Crippen molar-refractivity contribution >= 4 is 33.4 Å². The van der Waals surface area contributed by atoms with Crippen LogP contribution in [0.4, 0.5) is 0 Å². The maximum Gasteiger partial charge on any atom is 0.0211 e. The zero-order valence-electron chi connectivity index (χ0n) is 8.59. The number of halogens is 1. The Hall–Kier alpha value is -0.570. The van der Waals surface area contributed by atoms with Crippen molar-refractivity contribution in [1.29, 1.82) is 0 Å². The Morgan fingerprint density at radius 3 is 2.53 bits per heavy atom. The van der Waals surface area contributed by atoms with Gasteiger partial charge in [-0.3, -0.25) is 0 Å². The first-order valence-corrected chi connectivity index (χ1v) is 6.63. The minimum absolute atomic E-state index is 1.27. The van der Waals surface area contributed by atoms with Crippen LogP contribution in [-0.2, 0) is 12.8 Å². The van der Waals surface area contributed by atoms with Crippen LogP contribution in [0, 0.1) is 3.57 Å². The molecule has 0 amide bonds. The summed E-state index contributed by atoms with van der Waals surface area (Å²) in [5, 5.41) is 2.91. The highest BCUT2D eigenvalue weighted by Crippen LogP contribution is 2.32. The van der Waals surface area contributed by atoms with Crippen molar-refractivity contribution in [2.24, 2.45) is 0 Å². The Kier molecular flexibility index (Phi) is 2.43. The van der Waals surface area contributed by atoms with Gasteiger partial charge in [0, 0.05) is 3.57 Å². The van der Waals surface area contributed by atoms with Gasteiger partial charge in [-0.1, -0.05) is 24.3 Å². The Morgan fingerprint density at radius 2 is 1.67 bits per heavy atom. The lowest BCUT2D eigenvalue weighted by atomic mass is 9.88. The number of fused-ring (bicyclic) bond motifs is 3. The fourth-order valence-electron chi connectivity index (χ4n) is 2.58. The minimum atomic E-state index is 1.27. The van der Waals surface area contributed by atoms with E-state index in [0.29, 0.717) is 0 Å². The summed E-state index contributed by atoms with van der Waals surface area (Å²) in [6.07, 6.45) is 5.27. The highest BCUT2D eigenvalue weighted by Gasteiger charge is 2.13. The second kappa shape index (κ2) is 3.78. The lowest BCUT2D eigenvalue weighted by Gasteiger charge is -2.18. The van der Waals surface area contributed by atoms with Gasteiger partial charge in [-0.25, -0.2) is 0 Å². The van der Waals surface area contributed by atoms with Gasteiger partial charge in [-0.05, 0) is 76.2 Å². The molecule has 0 N–H and O–H groups in total. The molecule has 76 valence electrons. The molecule has 0 unspecified atom stereocenters. The maximum atomic E-state index is 2.46. The molecule has 1 aliphatic rings. The van der Waals surface area contributed by atoms with Crippen LogP contribution in [0.5, 0.6) is 0 Å². The van der Waals surface area contributed by atoms with Crippen molar-refractivity contribution in [2.45, 2.75) is 25.7 Å². The average molecular weight is 308 g/mol. The van der Waals surface area contributed by atoms with E-state index >= 15 is 0 Å². The van der Waals surface area contributed by atoms with Gasteiger partial charge in [0.25, 0.3) is 0 Å². The molecule has 0 heterocycles. The summed E-state index contributed by atoms with van der Waals surface area (Å²) < 4.78 is 1.41. The van der Waals surface area contributed by atoms with Crippen LogP contribution in [0.15, 0.2) is 30.3 Å². The van der Waals surface area contributed by atoms with Crippen molar-refractivity contribution in [2.75, 3.05) is 0 Å². The Balaban J connectivity index is 2.39. The predicted molar refractivity (Wildman–Crippen MR) is 73.3 cm³/mol. The molecule has 2 aromatic carbocycles. The van der Waals surface area contributed by atoms with E-state index < -0.39 is 0 Å². The quantitative estimate of drug-likeness (QED) is 0.636. The summed E-state index contributed by atoms with van der Waals surface area (Å²) in [7, 11) is 0. The van der Waals surface area contributed by atoms with E-state index in [9.17, 15) is 0 Å². The predicted octanol–water partition coefficient (Wildman–Crippen LogP) is 4.32. The fourth-order valence-corrected chi connectivity index (χ4v) is 3.43. The van der Waals surface area contributed by atoms with Crippen LogP contribution < -0.4 is 0 Å². The highest BCUT2D eigenvalue weighted by molar-refractivity contribution is 14.1. The maximum absolute atomic E-state index is 2.46. The summed E-state index contributed by atoms with van der Waals surface area (Å²) in [4.78, 5) is 0. The van der Waals surface area contributed by atoms with E-state index in [0.717, 1.165) is 0 Å². The van der Waals surface area contributed by atoms with Crippen LogP contribution in [0.1, 0.15) is 24.0 Å². The minimum Gasteiger partial charge on any atom is -0.0616 e. The summed E-state index contributed by atoms with van der Waals surface area (Å²) in [6.45, 7) is 0. The Labute approximate surface area is 104 Å². The second-order valence-electron chi connectivity index (χ2n) is 4.25. The molecular formula is C14H13I. The van der Waals surface area contributed by atoms with Gasteiger partial charge in [0.15, 0.2) is 0 Å². The molecule has 0 spiro atoms. The molecule has 15 heavy (non-hydrogen) atoms. The van der Waals surface area contributed by atoms with Gasteiger partial charge in [0.1, 0.15) is 0 Å². The van der Waals surface area contributed by atoms with Crippen LogP contribution >= 0.6 is 22.6 Å². The number of hydrogen-bond donors (Lipinski definition) is 0. The van der Waals surface area contributed by atoms with Crippen molar-refractivity contribution in [1.82, 2.24) is 0 Å². The fraction of sp³-hybridized carbons (Fsp3) is 0.286. The number of hydrogen-bond acceptors (Lipinski definition) is 0. The molecule has 1 heteroatoms. The van der Waals surface area contributed by atoms with E-state index in [1.54, 1.807) is 11.1 Å². The lowest BCUT2D eigenvalue weighted by Crippen LogP contribution is -2.04. The first-order chi connectivity index (χ1) is 7.36. The van der Waals surface area contributed by atoms with Gasteiger partial charge < -0.3 is 0 Å². The Bertz CT molecular complexity index is 514. The molecule has 1 aliphatic carbocycles. The van der Waals surface area contributed by atoms with E-state index in [4.69, 9.17) is 0 Å². The van der Waals surface area contributed by atoms with Gasteiger partial charge >= 0.3 is 0 Å². The molecule has 0 fully saturated rings. The van der Waals surface area contributed by atoms with Gasteiger partial charge in [-0.15, -0.1) is 0 Å². The summed E-state index contributed by atoms with van der Waals surface area (Å²) >= 11 is 2.46. The molecule has 0 saturated carbocycles. The van der Waals surface area contributed by atoms with Crippen LogP contribution in [-0.4, -0.2) is 0 Å². The van der Waals surface area contributed by atoms with Gasteiger partial charge in [-0.2, -0.15) is 0 Å². The third-order valence-corrected chi connectivity index (χ3v) is 4.21. The first-order valence-electron chi connectivity index (χ1n) is 5.55. The Morgan fingerprint density at radius 1 is 0.933 bits per heavy atom. The molecule has 0 atom stereocenters. The molecular weight excluding hydrogens is 295 g/mol. The molecule has 3 rings (SSSR count). The number of benzene rings is 2. The van der Waals surface area contributed by atoms with Crippen LogP contribution in [0.25, 0.3) is 10.8 Å². The molecule has 0 nitrogen and oxygen atoms in total. The first kappa shape index (κ1) is 9.64. The smallest absolute Gasteiger partial charge is 0.0211 e. The molecule has 2 aromatic rings. The third kappa shape index (κ3) is 1.57. The summed E-state index contributed by atoms with van der Waals surface area (Å²) in [5.41, 5.74) is 3.20. The monoisotopic (exact) mass is 308 g/mol. The normalized spacial score (nSPS) is 15.3. The highest BCUT2D eigenvalue weighted by atomic mass is 127. The SMILES string of the molecule is Ic1cc2c(c3ccccc13)CCCC2. The lowest BCUT2D eigenvalue weighted by molar-refractivity contribution is 0.689.